The van der Waals surface area contributed by atoms with E-state index in [-0.39, 0.29) is 12.7 Å². The molecule has 0 aromatic rings. The highest BCUT2D eigenvalue weighted by atomic mass is 16.4. The fraction of sp³-hybridized carbons (Fsp3) is 0.889. The molecular weight excluding hydrogens is 342 g/mol. The zero-order valence-corrected chi connectivity index (χ0v) is 15.6. The van der Waals surface area contributed by atoms with Crippen molar-refractivity contribution in [3.8, 4) is 0 Å². The third kappa shape index (κ3) is 10.8. The van der Waals surface area contributed by atoms with Crippen molar-refractivity contribution in [2.75, 3.05) is 6.61 Å². The van der Waals surface area contributed by atoms with Crippen molar-refractivity contribution in [2.45, 2.75) is 95.2 Å². The molecule has 0 radical (unpaired) electrons. The van der Waals surface area contributed by atoms with Gasteiger partial charge in [-0.25, -0.2) is 0 Å². The van der Waals surface area contributed by atoms with Gasteiger partial charge in [0, 0.05) is 0 Å². The first kappa shape index (κ1) is 24.9. The van der Waals surface area contributed by atoms with Gasteiger partial charge in [0.1, 0.15) is 30.6 Å². The largest absolute Gasteiger partial charge is 0.394 e. The number of aldehydes is 1. The molecule has 8 heteroatoms. The van der Waals surface area contributed by atoms with Crippen LogP contribution in [0.1, 0.15) is 64.7 Å². The van der Waals surface area contributed by atoms with E-state index in [1.54, 1.807) is 0 Å². The number of carbonyl (C=O) groups excluding carboxylic acids is 2. The lowest BCUT2D eigenvalue weighted by atomic mass is 10.0. The minimum absolute atomic E-state index is 0.217. The van der Waals surface area contributed by atoms with Crippen LogP contribution in [0.25, 0.3) is 0 Å². The smallest absolute Gasteiger partial charge is 0.223 e. The van der Waals surface area contributed by atoms with E-state index in [9.17, 15) is 30.0 Å². The zero-order valence-electron chi connectivity index (χ0n) is 15.6. The molecule has 0 aliphatic heterocycles. The molecule has 26 heavy (non-hydrogen) atoms. The highest BCUT2D eigenvalue weighted by molar-refractivity contribution is 5.80. The van der Waals surface area contributed by atoms with E-state index in [1.165, 1.54) is 25.7 Å². The summed E-state index contributed by atoms with van der Waals surface area (Å²) in [6.45, 7) is 1.36. The van der Waals surface area contributed by atoms with E-state index < -0.39 is 43.0 Å². The summed E-state index contributed by atoms with van der Waals surface area (Å²) in [7, 11) is 0. The summed E-state index contributed by atoms with van der Waals surface area (Å²) < 4.78 is 0. The maximum atomic E-state index is 11.9. The minimum Gasteiger partial charge on any atom is -0.394 e. The standard InChI is InChI=1S/C18H35NO7/c1-2-3-4-5-6-7-8-9-13(22)10-16(24)19-14(11-20)17(25)18(26)15(23)12-21/h11,13-15,17-18,21-23,25-26H,2-10,12H2,1H3,(H,19,24)/t13?,14-,15+,17+,18+/m0/s1. The van der Waals surface area contributed by atoms with Crippen molar-refractivity contribution in [3.05, 3.63) is 0 Å². The Morgan fingerprint density at radius 3 is 2.08 bits per heavy atom. The molecule has 0 rings (SSSR count). The molecule has 0 aromatic heterocycles. The number of carbonyl (C=O) groups is 2. The van der Waals surface area contributed by atoms with E-state index >= 15 is 0 Å². The van der Waals surface area contributed by atoms with Gasteiger partial charge in [0.05, 0.1) is 19.1 Å². The van der Waals surface area contributed by atoms with Crippen molar-refractivity contribution in [1.29, 1.82) is 0 Å². The van der Waals surface area contributed by atoms with Crippen molar-refractivity contribution in [2.24, 2.45) is 0 Å². The first-order valence-corrected chi connectivity index (χ1v) is 9.45. The first-order valence-electron chi connectivity index (χ1n) is 9.45. The van der Waals surface area contributed by atoms with Crippen LogP contribution in [0.2, 0.25) is 0 Å². The number of amides is 1. The molecule has 8 nitrogen and oxygen atoms in total. The van der Waals surface area contributed by atoms with Crippen LogP contribution in [0, 0.1) is 0 Å². The van der Waals surface area contributed by atoms with Gasteiger partial charge in [-0.2, -0.15) is 0 Å². The number of nitrogens with one attached hydrogen (secondary N) is 1. The van der Waals surface area contributed by atoms with E-state index in [0.717, 1.165) is 19.3 Å². The van der Waals surface area contributed by atoms with Gasteiger partial charge >= 0.3 is 0 Å². The molecule has 0 fully saturated rings. The van der Waals surface area contributed by atoms with Crippen molar-refractivity contribution in [1.82, 2.24) is 5.32 Å². The highest BCUT2D eigenvalue weighted by Gasteiger charge is 2.32. The maximum Gasteiger partial charge on any atom is 0.223 e. The Kier molecular flexibility index (Phi) is 14.4. The van der Waals surface area contributed by atoms with Crippen LogP contribution >= 0.6 is 0 Å². The van der Waals surface area contributed by atoms with Crippen LogP contribution in [-0.4, -0.2) is 74.8 Å². The Labute approximate surface area is 155 Å². The van der Waals surface area contributed by atoms with E-state index in [0.29, 0.717) is 6.42 Å². The Morgan fingerprint density at radius 2 is 1.54 bits per heavy atom. The Hall–Kier alpha value is -1.06. The number of aliphatic hydroxyl groups excluding tert-OH is 5. The summed E-state index contributed by atoms with van der Waals surface area (Å²) >= 11 is 0. The normalized spacial score (nSPS) is 17.2. The SMILES string of the molecule is CCCCCCCCCC(O)CC(=O)N[C@@H](C=O)[C@@H](O)[C@H](O)[C@H](O)CO. The third-order valence-electron chi connectivity index (χ3n) is 4.34. The zero-order chi connectivity index (χ0) is 19.9. The molecule has 6 N–H and O–H groups in total. The van der Waals surface area contributed by atoms with E-state index in [4.69, 9.17) is 5.11 Å². The molecule has 0 aromatic carbocycles. The Morgan fingerprint density at radius 1 is 0.962 bits per heavy atom. The van der Waals surface area contributed by atoms with Gasteiger partial charge < -0.3 is 35.6 Å². The van der Waals surface area contributed by atoms with Crippen LogP contribution < -0.4 is 5.32 Å². The van der Waals surface area contributed by atoms with Crippen LogP contribution in [0.4, 0.5) is 0 Å². The summed E-state index contributed by atoms with van der Waals surface area (Å²) in [6.07, 6.45) is 2.18. The summed E-state index contributed by atoms with van der Waals surface area (Å²) in [5.74, 6) is -0.637. The van der Waals surface area contributed by atoms with Crippen LogP contribution in [0.15, 0.2) is 0 Å². The molecule has 5 atom stereocenters. The Balaban J connectivity index is 4.10. The molecule has 0 saturated heterocycles. The van der Waals surface area contributed by atoms with E-state index in [2.05, 4.69) is 12.2 Å². The monoisotopic (exact) mass is 377 g/mol. The lowest BCUT2D eigenvalue weighted by Gasteiger charge is -2.26. The summed E-state index contributed by atoms with van der Waals surface area (Å²) in [5, 5.41) is 49.5. The second-order valence-electron chi connectivity index (χ2n) is 6.73. The van der Waals surface area contributed by atoms with Gasteiger partial charge in [0.2, 0.25) is 5.91 Å². The number of unbranched alkanes of at least 4 members (excludes halogenated alkanes) is 6. The Bertz CT molecular complexity index is 381. The van der Waals surface area contributed by atoms with E-state index in [1.807, 2.05) is 0 Å². The molecular formula is C18H35NO7. The molecule has 0 bridgehead atoms. The predicted octanol–water partition coefficient (Wildman–Crippen LogP) is -0.363. The highest BCUT2D eigenvalue weighted by Crippen LogP contribution is 2.11. The second-order valence-corrected chi connectivity index (χ2v) is 6.73. The average molecular weight is 377 g/mol. The van der Waals surface area contributed by atoms with Gasteiger partial charge in [-0.05, 0) is 6.42 Å². The van der Waals surface area contributed by atoms with Crippen LogP contribution in [-0.2, 0) is 9.59 Å². The molecule has 1 amide bonds. The number of hydrogen-bond acceptors (Lipinski definition) is 7. The second kappa shape index (κ2) is 15.0. The molecule has 154 valence electrons. The van der Waals surface area contributed by atoms with Crippen molar-refractivity contribution in [3.63, 3.8) is 0 Å². The van der Waals surface area contributed by atoms with Crippen molar-refractivity contribution >= 4 is 12.2 Å². The maximum absolute atomic E-state index is 11.9. The van der Waals surface area contributed by atoms with Gasteiger partial charge in [0.25, 0.3) is 0 Å². The number of rotatable bonds is 16. The minimum atomic E-state index is -1.78. The van der Waals surface area contributed by atoms with Gasteiger partial charge in [-0.1, -0.05) is 51.9 Å². The molecule has 0 aliphatic carbocycles. The number of aliphatic hydroxyl groups is 5. The van der Waals surface area contributed by atoms with Gasteiger partial charge in [0.15, 0.2) is 0 Å². The quantitative estimate of drug-likeness (QED) is 0.159. The summed E-state index contributed by atoms with van der Waals surface area (Å²) in [6, 6.07) is -1.44. The first-order chi connectivity index (χ1) is 12.4. The third-order valence-corrected chi connectivity index (χ3v) is 4.34. The summed E-state index contributed by atoms with van der Waals surface area (Å²) in [5.41, 5.74) is 0. The average Bonchev–Trinajstić information content (AvgIpc) is 2.63. The van der Waals surface area contributed by atoms with Gasteiger partial charge in [-0.3, -0.25) is 4.79 Å². The molecule has 0 spiro atoms. The molecule has 1 unspecified atom stereocenters. The van der Waals surface area contributed by atoms with Gasteiger partial charge in [-0.15, -0.1) is 0 Å². The fourth-order valence-electron chi connectivity index (χ4n) is 2.65. The predicted molar refractivity (Wildman–Crippen MR) is 96.3 cm³/mol. The molecule has 0 heterocycles. The lowest BCUT2D eigenvalue weighted by Crippen LogP contribution is -2.53. The lowest BCUT2D eigenvalue weighted by molar-refractivity contribution is -0.132. The fourth-order valence-corrected chi connectivity index (χ4v) is 2.65. The molecule has 0 saturated carbocycles. The van der Waals surface area contributed by atoms with Crippen molar-refractivity contribution < 1.29 is 35.1 Å². The molecule has 0 aliphatic rings. The summed E-state index contributed by atoms with van der Waals surface area (Å²) in [4.78, 5) is 22.9. The number of hydrogen-bond donors (Lipinski definition) is 6. The van der Waals surface area contributed by atoms with Crippen LogP contribution in [0.5, 0.6) is 0 Å². The van der Waals surface area contributed by atoms with Crippen LogP contribution in [0.3, 0.4) is 0 Å². The topological polar surface area (TPSA) is 147 Å².